The van der Waals surface area contributed by atoms with Gasteiger partial charge in [-0.25, -0.2) is 4.79 Å². The number of carbonyl (C=O) groups excluding carboxylic acids is 2. The average molecular weight is 314 g/mol. The van der Waals surface area contributed by atoms with E-state index in [1.807, 2.05) is 34.6 Å². The maximum atomic E-state index is 12.3. The third kappa shape index (κ3) is 5.83. The summed E-state index contributed by atoms with van der Waals surface area (Å²) >= 11 is 0. The highest BCUT2D eigenvalue weighted by Crippen LogP contribution is 2.18. The summed E-state index contributed by atoms with van der Waals surface area (Å²) < 4.78 is 10.7. The SMILES string of the molecule is CCC(CC)(CNC(=O)OC(C)(C)C)NC(=O)[C@H]1CCCO1. The van der Waals surface area contributed by atoms with Gasteiger partial charge in [0.05, 0.1) is 5.54 Å². The van der Waals surface area contributed by atoms with Crippen molar-refractivity contribution in [3.8, 4) is 0 Å². The quantitative estimate of drug-likeness (QED) is 0.789. The first-order valence-electron chi connectivity index (χ1n) is 8.12. The summed E-state index contributed by atoms with van der Waals surface area (Å²) in [6.45, 7) is 10.4. The summed E-state index contributed by atoms with van der Waals surface area (Å²) in [5.41, 5.74) is -1.01. The molecule has 2 N–H and O–H groups in total. The van der Waals surface area contributed by atoms with Gasteiger partial charge in [0.15, 0.2) is 0 Å². The van der Waals surface area contributed by atoms with Crippen molar-refractivity contribution in [1.82, 2.24) is 10.6 Å². The Bertz CT molecular complexity index is 380. The number of hydrogen-bond donors (Lipinski definition) is 2. The second kappa shape index (κ2) is 7.81. The first kappa shape index (κ1) is 18.7. The Morgan fingerprint density at radius 2 is 1.86 bits per heavy atom. The summed E-state index contributed by atoms with van der Waals surface area (Å²) in [5.74, 6) is -0.0906. The van der Waals surface area contributed by atoms with E-state index < -0.39 is 17.2 Å². The molecular formula is C16H30N2O4. The van der Waals surface area contributed by atoms with Crippen molar-refractivity contribution < 1.29 is 19.1 Å². The van der Waals surface area contributed by atoms with Crippen molar-refractivity contribution >= 4 is 12.0 Å². The van der Waals surface area contributed by atoms with Crippen LogP contribution in [0.3, 0.4) is 0 Å². The number of alkyl carbamates (subject to hydrolysis) is 1. The lowest BCUT2D eigenvalue weighted by atomic mass is 9.92. The minimum atomic E-state index is -0.536. The van der Waals surface area contributed by atoms with Crippen LogP contribution in [0.15, 0.2) is 0 Å². The first-order chi connectivity index (χ1) is 10.2. The van der Waals surface area contributed by atoms with Crippen molar-refractivity contribution in [3.05, 3.63) is 0 Å². The highest BCUT2D eigenvalue weighted by atomic mass is 16.6. The molecule has 0 saturated carbocycles. The van der Waals surface area contributed by atoms with Crippen LogP contribution < -0.4 is 10.6 Å². The molecule has 0 radical (unpaired) electrons. The van der Waals surface area contributed by atoms with Gasteiger partial charge >= 0.3 is 6.09 Å². The van der Waals surface area contributed by atoms with Crippen LogP contribution in [0.5, 0.6) is 0 Å². The monoisotopic (exact) mass is 314 g/mol. The summed E-state index contributed by atoms with van der Waals surface area (Å²) in [4.78, 5) is 24.1. The molecule has 22 heavy (non-hydrogen) atoms. The molecule has 128 valence electrons. The van der Waals surface area contributed by atoms with Crippen LogP contribution >= 0.6 is 0 Å². The molecule has 1 aliphatic rings. The van der Waals surface area contributed by atoms with Gasteiger partial charge in [-0.2, -0.15) is 0 Å². The fourth-order valence-electron chi connectivity index (χ4n) is 2.40. The molecule has 0 aromatic carbocycles. The van der Waals surface area contributed by atoms with Crippen LogP contribution in [-0.2, 0) is 14.3 Å². The predicted molar refractivity (Wildman–Crippen MR) is 84.7 cm³/mol. The van der Waals surface area contributed by atoms with Crippen molar-refractivity contribution in [2.45, 2.75) is 77.5 Å². The average Bonchev–Trinajstić information content (AvgIpc) is 2.96. The third-order valence-corrected chi connectivity index (χ3v) is 3.93. The predicted octanol–water partition coefficient (Wildman–Crippen LogP) is 2.37. The molecule has 1 rings (SSSR count). The Morgan fingerprint density at radius 3 is 2.32 bits per heavy atom. The smallest absolute Gasteiger partial charge is 0.407 e. The van der Waals surface area contributed by atoms with Crippen LogP contribution in [0, 0.1) is 0 Å². The van der Waals surface area contributed by atoms with Gasteiger partial charge in [-0.1, -0.05) is 13.8 Å². The van der Waals surface area contributed by atoms with Gasteiger partial charge in [0.1, 0.15) is 11.7 Å². The highest BCUT2D eigenvalue weighted by molar-refractivity contribution is 5.81. The summed E-state index contributed by atoms with van der Waals surface area (Å²) in [5, 5.41) is 5.82. The van der Waals surface area contributed by atoms with Gasteiger partial charge in [-0.15, -0.1) is 0 Å². The Hall–Kier alpha value is -1.30. The third-order valence-electron chi connectivity index (χ3n) is 3.93. The van der Waals surface area contributed by atoms with E-state index in [0.29, 0.717) is 13.2 Å². The number of ether oxygens (including phenoxy) is 2. The van der Waals surface area contributed by atoms with Gasteiger partial charge in [0.2, 0.25) is 5.91 Å². The second-order valence-corrected chi connectivity index (χ2v) is 6.83. The van der Waals surface area contributed by atoms with Gasteiger partial charge in [0, 0.05) is 13.2 Å². The molecule has 0 unspecified atom stereocenters. The number of hydrogen-bond acceptors (Lipinski definition) is 4. The second-order valence-electron chi connectivity index (χ2n) is 6.83. The molecule has 1 aliphatic heterocycles. The van der Waals surface area contributed by atoms with Crippen LogP contribution in [0.1, 0.15) is 60.3 Å². The van der Waals surface area contributed by atoms with Crippen molar-refractivity contribution in [1.29, 1.82) is 0 Å². The van der Waals surface area contributed by atoms with Gasteiger partial charge in [-0.3, -0.25) is 4.79 Å². The summed E-state index contributed by atoms with van der Waals surface area (Å²) in [6, 6.07) is 0. The fourth-order valence-corrected chi connectivity index (χ4v) is 2.40. The van der Waals surface area contributed by atoms with Crippen LogP contribution in [0.2, 0.25) is 0 Å². The lowest BCUT2D eigenvalue weighted by Gasteiger charge is -2.34. The molecule has 2 amide bonds. The molecule has 1 heterocycles. The lowest BCUT2D eigenvalue weighted by Crippen LogP contribution is -2.57. The van der Waals surface area contributed by atoms with E-state index >= 15 is 0 Å². The Labute approximate surface area is 133 Å². The molecule has 1 fully saturated rings. The zero-order valence-corrected chi connectivity index (χ0v) is 14.5. The van der Waals surface area contributed by atoms with E-state index in [9.17, 15) is 9.59 Å². The van der Waals surface area contributed by atoms with E-state index in [-0.39, 0.29) is 12.0 Å². The molecule has 6 nitrogen and oxygen atoms in total. The van der Waals surface area contributed by atoms with Gasteiger partial charge < -0.3 is 20.1 Å². The first-order valence-corrected chi connectivity index (χ1v) is 8.12. The molecule has 1 atom stereocenters. The lowest BCUT2D eigenvalue weighted by molar-refractivity contribution is -0.132. The van der Waals surface area contributed by atoms with E-state index in [2.05, 4.69) is 10.6 Å². The standard InChI is InChI=1S/C16H30N2O4/c1-6-16(7-2,11-17-14(20)22-15(3,4)5)18-13(19)12-9-8-10-21-12/h12H,6-11H2,1-5H3,(H,17,20)(H,18,19)/t12-/m1/s1. The Morgan fingerprint density at radius 1 is 1.23 bits per heavy atom. The van der Waals surface area contributed by atoms with Gasteiger partial charge in [-0.05, 0) is 46.5 Å². The Kier molecular flexibility index (Phi) is 6.66. The maximum Gasteiger partial charge on any atom is 0.407 e. The van der Waals surface area contributed by atoms with E-state index in [0.717, 1.165) is 25.7 Å². The molecular weight excluding hydrogens is 284 g/mol. The molecule has 6 heteroatoms. The molecule has 0 spiro atoms. The highest BCUT2D eigenvalue weighted by Gasteiger charge is 2.33. The Balaban J connectivity index is 2.58. The van der Waals surface area contributed by atoms with Crippen molar-refractivity contribution in [3.63, 3.8) is 0 Å². The number of carbonyl (C=O) groups is 2. The number of nitrogens with one attached hydrogen (secondary N) is 2. The van der Waals surface area contributed by atoms with E-state index in [1.165, 1.54) is 0 Å². The van der Waals surface area contributed by atoms with Crippen LogP contribution in [0.4, 0.5) is 4.79 Å². The minimum absolute atomic E-state index is 0.0906. The zero-order chi connectivity index (χ0) is 16.8. The molecule has 0 bridgehead atoms. The largest absolute Gasteiger partial charge is 0.444 e. The van der Waals surface area contributed by atoms with Crippen LogP contribution in [-0.4, -0.2) is 42.4 Å². The van der Waals surface area contributed by atoms with Crippen LogP contribution in [0.25, 0.3) is 0 Å². The number of rotatable bonds is 6. The molecule has 0 aliphatic carbocycles. The molecule has 0 aromatic heterocycles. The summed E-state index contributed by atoms with van der Waals surface area (Å²) in [6.07, 6.45) is 2.29. The van der Waals surface area contributed by atoms with Crippen molar-refractivity contribution in [2.75, 3.05) is 13.2 Å². The normalized spacial score (nSPS) is 18.9. The van der Waals surface area contributed by atoms with E-state index in [4.69, 9.17) is 9.47 Å². The zero-order valence-electron chi connectivity index (χ0n) is 14.5. The molecule has 1 saturated heterocycles. The van der Waals surface area contributed by atoms with E-state index in [1.54, 1.807) is 0 Å². The van der Waals surface area contributed by atoms with Gasteiger partial charge in [0.25, 0.3) is 0 Å². The number of amides is 2. The maximum absolute atomic E-state index is 12.3. The summed E-state index contributed by atoms with van der Waals surface area (Å²) in [7, 11) is 0. The fraction of sp³-hybridized carbons (Fsp3) is 0.875. The topological polar surface area (TPSA) is 76.7 Å². The minimum Gasteiger partial charge on any atom is -0.444 e. The van der Waals surface area contributed by atoms with Crippen molar-refractivity contribution in [2.24, 2.45) is 0 Å². The molecule has 0 aromatic rings.